The maximum absolute atomic E-state index is 10.4. The molecular formula is C8H8N4O3. The zero-order valence-electron chi connectivity index (χ0n) is 7.95. The summed E-state index contributed by atoms with van der Waals surface area (Å²) in [7, 11) is 0. The Labute approximate surface area is 84.5 Å². The second kappa shape index (κ2) is 3.52. The molecule has 78 valence electrons. The minimum Gasteiger partial charge on any atom is -0.359 e. The lowest BCUT2D eigenvalue weighted by Gasteiger charge is -1.92. The van der Waals surface area contributed by atoms with Crippen LogP contribution in [0.1, 0.15) is 11.5 Å². The summed E-state index contributed by atoms with van der Waals surface area (Å²) < 4.78 is 6.54. The van der Waals surface area contributed by atoms with E-state index in [4.69, 9.17) is 4.52 Å². The van der Waals surface area contributed by atoms with Crippen molar-refractivity contribution in [2.24, 2.45) is 0 Å². The number of imidazole rings is 1. The van der Waals surface area contributed by atoms with Gasteiger partial charge in [-0.3, -0.25) is 0 Å². The van der Waals surface area contributed by atoms with Gasteiger partial charge in [0, 0.05) is 6.07 Å². The molecule has 0 aliphatic rings. The molecule has 0 N–H and O–H groups in total. The highest BCUT2D eigenvalue weighted by Crippen LogP contribution is 2.09. The highest BCUT2D eigenvalue weighted by atomic mass is 16.6. The van der Waals surface area contributed by atoms with Gasteiger partial charge in [0.2, 0.25) is 6.33 Å². The van der Waals surface area contributed by atoms with E-state index < -0.39 is 4.92 Å². The lowest BCUT2D eigenvalue weighted by Crippen LogP contribution is -1.94. The summed E-state index contributed by atoms with van der Waals surface area (Å²) in [5.74, 6) is 0.464. The predicted octanol–water partition coefficient (Wildman–Crippen LogP) is 1.14. The average Bonchev–Trinajstić information content (AvgIpc) is 2.76. The molecule has 0 fully saturated rings. The molecule has 2 aromatic heterocycles. The maximum atomic E-state index is 10.4. The summed E-state index contributed by atoms with van der Waals surface area (Å²) in [4.78, 5) is 13.4. The molecular weight excluding hydrogens is 200 g/mol. The van der Waals surface area contributed by atoms with Crippen molar-refractivity contribution >= 4 is 5.82 Å². The molecule has 0 bridgehead atoms. The van der Waals surface area contributed by atoms with E-state index in [0.29, 0.717) is 12.3 Å². The molecule has 0 atom stereocenters. The highest BCUT2D eigenvalue weighted by molar-refractivity contribution is 5.13. The summed E-state index contributed by atoms with van der Waals surface area (Å²) in [6, 6.07) is 1.77. The van der Waals surface area contributed by atoms with Gasteiger partial charge >= 0.3 is 5.82 Å². The number of aryl methyl sites for hydroxylation is 1. The van der Waals surface area contributed by atoms with Crippen LogP contribution in [0.15, 0.2) is 23.1 Å². The first-order chi connectivity index (χ1) is 7.15. The Bertz CT molecular complexity index is 488. The van der Waals surface area contributed by atoms with Crippen LogP contribution in [0.2, 0.25) is 0 Å². The van der Waals surface area contributed by atoms with Crippen molar-refractivity contribution in [1.82, 2.24) is 14.7 Å². The minimum absolute atomic E-state index is 0.175. The summed E-state index contributed by atoms with van der Waals surface area (Å²) >= 11 is 0. The Morgan fingerprint density at radius 1 is 1.67 bits per heavy atom. The number of nitrogens with zero attached hydrogens (tertiary/aromatic N) is 4. The van der Waals surface area contributed by atoms with E-state index in [2.05, 4.69) is 10.1 Å². The molecule has 0 aromatic carbocycles. The second-order valence-electron chi connectivity index (χ2n) is 3.10. The van der Waals surface area contributed by atoms with E-state index in [-0.39, 0.29) is 5.82 Å². The van der Waals surface area contributed by atoms with E-state index in [1.54, 1.807) is 10.6 Å². The lowest BCUT2D eigenvalue weighted by atomic mass is 10.4. The van der Waals surface area contributed by atoms with E-state index in [1.165, 1.54) is 12.5 Å². The zero-order valence-corrected chi connectivity index (χ0v) is 7.95. The topological polar surface area (TPSA) is 87.0 Å². The van der Waals surface area contributed by atoms with Crippen molar-refractivity contribution in [2.75, 3.05) is 0 Å². The average molecular weight is 208 g/mol. The first kappa shape index (κ1) is 9.38. The van der Waals surface area contributed by atoms with Gasteiger partial charge in [0.1, 0.15) is 6.20 Å². The Balaban J connectivity index is 2.14. The molecule has 2 rings (SSSR count). The Morgan fingerprint density at radius 3 is 3.00 bits per heavy atom. The first-order valence-electron chi connectivity index (χ1n) is 4.23. The molecule has 2 aromatic rings. The Kier molecular flexibility index (Phi) is 2.20. The number of hydrogen-bond acceptors (Lipinski definition) is 5. The van der Waals surface area contributed by atoms with Crippen LogP contribution in [-0.2, 0) is 6.54 Å². The fourth-order valence-corrected chi connectivity index (χ4v) is 1.20. The van der Waals surface area contributed by atoms with Gasteiger partial charge in [-0.1, -0.05) is 5.16 Å². The van der Waals surface area contributed by atoms with E-state index in [0.717, 1.165) is 5.69 Å². The molecule has 0 amide bonds. The summed E-state index contributed by atoms with van der Waals surface area (Å²) in [6.45, 7) is 2.20. The normalized spacial score (nSPS) is 10.5. The fraction of sp³-hybridized carbons (Fsp3) is 0.250. The smallest absolute Gasteiger partial charge is 0.359 e. The second-order valence-corrected chi connectivity index (χ2v) is 3.10. The third-order valence-corrected chi connectivity index (χ3v) is 1.82. The van der Waals surface area contributed by atoms with Crippen LogP contribution >= 0.6 is 0 Å². The van der Waals surface area contributed by atoms with Crippen molar-refractivity contribution in [1.29, 1.82) is 0 Å². The number of hydrogen-bond donors (Lipinski definition) is 0. The molecule has 0 spiro atoms. The van der Waals surface area contributed by atoms with Gasteiger partial charge in [0.15, 0.2) is 5.76 Å². The molecule has 0 saturated heterocycles. The van der Waals surface area contributed by atoms with Crippen LogP contribution in [0.4, 0.5) is 5.82 Å². The fourth-order valence-electron chi connectivity index (χ4n) is 1.20. The molecule has 0 saturated carbocycles. The van der Waals surface area contributed by atoms with E-state index >= 15 is 0 Å². The molecule has 0 aliphatic heterocycles. The van der Waals surface area contributed by atoms with Gasteiger partial charge in [-0.2, -0.15) is 0 Å². The third-order valence-electron chi connectivity index (χ3n) is 1.82. The summed E-state index contributed by atoms with van der Waals surface area (Å²) in [5.41, 5.74) is 0.777. The molecule has 7 nitrogen and oxygen atoms in total. The van der Waals surface area contributed by atoms with Crippen molar-refractivity contribution in [3.05, 3.63) is 40.2 Å². The first-order valence-corrected chi connectivity index (χ1v) is 4.23. The Morgan fingerprint density at radius 2 is 2.47 bits per heavy atom. The summed E-state index contributed by atoms with van der Waals surface area (Å²) in [6.07, 6.45) is 2.73. The van der Waals surface area contributed by atoms with Crippen LogP contribution < -0.4 is 0 Å². The van der Waals surface area contributed by atoms with Gasteiger partial charge in [-0.15, -0.1) is 0 Å². The van der Waals surface area contributed by atoms with Crippen LogP contribution in [0, 0.1) is 17.0 Å². The van der Waals surface area contributed by atoms with Gasteiger partial charge in [-0.05, 0) is 16.8 Å². The van der Waals surface area contributed by atoms with Gasteiger partial charge in [-0.25, -0.2) is 0 Å². The van der Waals surface area contributed by atoms with Crippen molar-refractivity contribution < 1.29 is 9.45 Å². The van der Waals surface area contributed by atoms with Crippen LogP contribution in [-0.4, -0.2) is 19.6 Å². The van der Waals surface area contributed by atoms with E-state index in [1.807, 2.05) is 6.92 Å². The standard InChI is InChI=1S/C8H8N4O3/c1-6-2-7(15-10-6)3-11-4-8(9-5-11)12(13)14/h2,4-5H,3H2,1H3. The van der Waals surface area contributed by atoms with Gasteiger partial charge in [0.05, 0.1) is 12.2 Å². The van der Waals surface area contributed by atoms with Crippen molar-refractivity contribution in [2.45, 2.75) is 13.5 Å². The monoisotopic (exact) mass is 208 g/mol. The largest absolute Gasteiger partial charge is 0.381 e. The lowest BCUT2D eigenvalue weighted by molar-refractivity contribution is -0.389. The maximum Gasteiger partial charge on any atom is 0.381 e. The molecule has 15 heavy (non-hydrogen) atoms. The van der Waals surface area contributed by atoms with E-state index in [9.17, 15) is 10.1 Å². The Hall–Kier alpha value is -2.18. The molecule has 0 aliphatic carbocycles. The van der Waals surface area contributed by atoms with Gasteiger partial charge in [0.25, 0.3) is 0 Å². The number of rotatable bonds is 3. The number of nitro groups is 1. The molecule has 2 heterocycles. The molecule has 0 unspecified atom stereocenters. The predicted molar refractivity (Wildman–Crippen MR) is 49.2 cm³/mol. The number of aromatic nitrogens is 3. The van der Waals surface area contributed by atoms with Crippen LogP contribution in [0.5, 0.6) is 0 Å². The molecule has 7 heteroatoms. The molecule has 0 radical (unpaired) electrons. The van der Waals surface area contributed by atoms with Crippen molar-refractivity contribution in [3.8, 4) is 0 Å². The highest BCUT2D eigenvalue weighted by Gasteiger charge is 2.11. The quantitative estimate of drug-likeness (QED) is 0.557. The van der Waals surface area contributed by atoms with Crippen LogP contribution in [0.25, 0.3) is 0 Å². The van der Waals surface area contributed by atoms with Crippen molar-refractivity contribution in [3.63, 3.8) is 0 Å². The minimum atomic E-state index is -0.540. The third kappa shape index (κ3) is 2.01. The zero-order chi connectivity index (χ0) is 10.8. The SMILES string of the molecule is Cc1cc(Cn2cnc([N+](=O)[O-])c2)on1. The van der Waals surface area contributed by atoms with Gasteiger partial charge < -0.3 is 19.2 Å². The summed E-state index contributed by atoms with van der Waals surface area (Å²) in [5, 5.41) is 14.1. The van der Waals surface area contributed by atoms with Crippen LogP contribution in [0.3, 0.4) is 0 Å².